The van der Waals surface area contributed by atoms with Crippen molar-refractivity contribution in [3.05, 3.63) is 48.4 Å². The van der Waals surface area contributed by atoms with Crippen molar-refractivity contribution in [3.8, 4) is 0 Å². The molecule has 1 aromatic carbocycles. The second-order valence-electron chi connectivity index (χ2n) is 6.25. The first-order valence-corrected chi connectivity index (χ1v) is 7.22. The standard InChI is InChI=1S/C17H25NO2/c1-14(19-13-15-8-6-5-7-9-15)18-11-10-16(12-18)20-17(2,3)4/h5-9,16H,1,10-13H2,2-4H3. The van der Waals surface area contributed by atoms with Gasteiger partial charge in [-0.25, -0.2) is 0 Å². The summed E-state index contributed by atoms with van der Waals surface area (Å²) in [4.78, 5) is 2.17. The maximum absolute atomic E-state index is 6.00. The van der Waals surface area contributed by atoms with Crippen LogP contribution in [0.3, 0.4) is 0 Å². The first-order valence-electron chi connectivity index (χ1n) is 7.22. The van der Waals surface area contributed by atoms with Gasteiger partial charge in [0.2, 0.25) is 0 Å². The maximum Gasteiger partial charge on any atom is 0.182 e. The summed E-state index contributed by atoms with van der Waals surface area (Å²) in [5.74, 6) is 0.744. The zero-order valence-electron chi connectivity index (χ0n) is 12.8. The van der Waals surface area contributed by atoms with Gasteiger partial charge in [-0.3, -0.25) is 0 Å². The lowest BCUT2D eigenvalue weighted by Crippen LogP contribution is -2.30. The van der Waals surface area contributed by atoms with Gasteiger partial charge in [-0.05, 0) is 39.3 Å². The van der Waals surface area contributed by atoms with Crippen LogP contribution in [0.25, 0.3) is 0 Å². The van der Waals surface area contributed by atoms with E-state index in [1.165, 1.54) is 0 Å². The van der Waals surface area contributed by atoms with Gasteiger partial charge in [0.25, 0.3) is 0 Å². The molecule has 3 heteroatoms. The average Bonchev–Trinajstić information content (AvgIpc) is 2.83. The fraction of sp³-hybridized carbons (Fsp3) is 0.529. The Morgan fingerprint density at radius 2 is 2.00 bits per heavy atom. The van der Waals surface area contributed by atoms with Crippen LogP contribution in [0.1, 0.15) is 32.8 Å². The molecule has 1 atom stereocenters. The molecule has 3 nitrogen and oxygen atoms in total. The number of hydrogen-bond donors (Lipinski definition) is 0. The van der Waals surface area contributed by atoms with E-state index in [1.54, 1.807) is 0 Å². The van der Waals surface area contributed by atoms with Crippen molar-refractivity contribution in [2.24, 2.45) is 0 Å². The molecule has 1 unspecified atom stereocenters. The van der Waals surface area contributed by atoms with Crippen LogP contribution >= 0.6 is 0 Å². The third-order valence-electron chi connectivity index (χ3n) is 3.27. The summed E-state index contributed by atoms with van der Waals surface area (Å²) >= 11 is 0. The van der Waals surface area contributed by atoms with Crippen LogP contribution in [-0.4, -0.2) is 29.7 Å². The van der Waals surface area contributed by atoms with Crippen molar-refractivity contribution >= 4 is 0 Å². The quantitative estimate of drug-likeness (QED) is 0.767. The SMILES string of the molecule is C=C(OCc1ccccc1)N1CCC(OC(C)(C)C)C1. The Hall–Kier alpha value is -1.48. The maximum atomic E-state index is 6.00. The molecule has 0 radical (unpaired) electrons. The van der Waals surface area contributed by atoms with Gasteiger partial charge >= 0.3 is 0 Å². The van der Waals surface area contributed by atoms with Crippen LogP contribution in [0.4, 0.5) is 0 Å². The summed E-state index contributed by atoms with van der Waals surface area (Å²) < 4.78 is 11.8. The van der Waals surface area contributed by atoms with Gasteiger partial charge in [-0.15, -0.1) is 0 Å². The Labute approximate surface area is 122 Å². The van der Waals surface area contributed by atoms with E-state index in [1.807, 2.05) is 18.2 Å². The summed E-state index contributed by atoms with van der Waals surface area (Å²) in [6.07, 6.45) is 1.30. The smallest absolute Gasteiger partial charge is 0.182 e. The highest BCUT2D eigenvalue weighted by atomic mass is 16.5. The second-order valence-corrected chi connectivity index (χ2v) is 6.25. The van der Waals surface area contributed by atoms with Crippen molar-refractivity contribution in [2.75, 3.05) is 13.1 Å². The van der Waals surface area contributed by atoms with E-state index < -0.39 is 0 Å². The number of nitrogens with zero attached hydrogens (tertiary/aromatic N) is 1. The Balaban J connectivity index is 1.77. The molecule has 110 valence electrons. The van der Waals surface area contributed by atoms with Crippen molar-refractivity contribution < 1.29 is 9.47 Å². The van der Waals surface area contributed by atoms with Crippen molar-refractivity contribution in [3.63, 3.8) is 0 Å². The van der Waals surface area contributed by atoms with Gasteiger partial charge in [-0.1, -0.05) is 30.3 Å². The summed E-state index contributed by atoms with van der Waals surface area (Å²) in [6.45, 7) is 12.7. The highest BCUT2D eigenvalue weighted by molar-refractivity contribution is 5.13. The zero-order chi connectivity index (χ0) is 14.6. The van der Waals surface area contributed by atoms with Crippen molar-refractivity contribution in [2.45, 2.75) is 45.5 Å². The third-order valence-corrected chi connectivity index (χ3v) is 3.27. The molecule has 1 aromatic rings. The molecule has 1 aliphatic rings. The number of rotatable bonds is 5. The zero-order valence-corrected chi connectivity index (χ0v) is 12.8. The first-order chi connectivity index (χ1) is 9.44. The van der Waals surface area contributed by atoms with E-state index in [4.69, 9.17) is 9.47 Å². The predicted molar refractivity (Wildman–Crippen MR) is 81.2 cm³/mol. The fourth-order valence-electron chi connectivity index (χ4n) is 2.38. The van der Waals surface area contributed by atoms with E-state index in [0.717, 1.165) is 31.0 Å². The van der Waals surface area contributed by atoms with E-state index in [2.05, 4.69) is 44.4 Å². The normalized spacial score (nSPS) is 19.1. The van der Waals surface area contributed by atoms with Crippen LogP contribution in [-0.2, 0) is 16.1 Å². The lowest BCUT2D eigenvalue weighted by atomic mass is 10.2. The van der Waals surface area contributed by atoms with Gasteiger partial charge in [-0.2, -0.15) is 0 Å². The largest absolute Gasteiger partial charge is 0.475 e. The summed E-state index contributed by atoms with van der Waals surface area (Å²) in [5.41, 5.74) is 1.07. The minimum atomic E-state index is -0.0904. The van der Waals surface area contributed by atoms with Gasteiger partial charge < -0.3 is 14.4 Å². The van der Waals surface area contributed by atoms with E-state index >= 15 is 0 Å². The summed E-state index contributed by atoms with van der Waals surface area (Å²) in [5, 5.41) is 0. The van der Waals surface area contributed by atoms with Gasteiger partial charge in [0, 0.05) is 13.1 Å². The van der Waals surface area contributed by atoms with Crippen LogP contribution in [0.2, 0.25) is 0 Å². The molecular weight excluding hydrogens is 250 g/mol. The first kappa shape index (κ1) is 14.9. The topological polar surface area (TPSA) is 21.7 Å². The fourth-order valence-corrected chi connectivity index (χ4v) is 2.38. The van der Waals surface area contributed by atoms with Crippen molar-refractivity contribution in [1.82, 2.24) is 4.90 Å². The number of ether oxygens (including phenoxy) is 2. The molecule has 0 saturated carbocycles. The number of benzene rings is 1. The average molecular weight is 275 g/mol. The highest BCUT2D eigenvalue weighted by Crippen LogP contribution is 2.22. The lowest BCUT2D eigenvalue weighted by Gasteiger charge is -2.26. The van der Waals surface area contributed by atoms with Gasteiger partial charge in [0.05, 0.1) is 11.7 Å². The number of likely N-dealkylation sites (tertiary alicyclic amines) is 1. The molecule has 2 rings (SSSR count). The molecule has 0 N–H and O–H groups in total. The van der Waals surface area contributed by atoms with Gasteiger partial charge in [0.1, 0.15) is 6.61 Å². The monoisotopic (exact) mass is 275 g/mol. The molecule has 0 aromatic heterocycles. The molecule has 1 saturated heterocycles. The molecule has 1 aliphatic heterocycles. The molecule has 1 heterocycles. The molecule has 0 amide bonds. The molecule has 1 fully saturated rings. The predicted octanol–water partition coefficient (Wildman–Crippen LogP) is 3.56. The van der Waals surface area contributed by atoms with Crippen LogP contribution in [0, 0.1) is 0 Å². The Morgan fingerprint density at radius 3 is 2.65 bits per heavy atom. The van der Waals surface area contributed by atoms with E-state index in [0.29, 0.717) is 6.61 Å². The molecule has 0 bridgehead atoms. The van der Waals surface area contributed by atoms with Crippen LogP contribution in [0.5, 0.6) is 0 Å². The highest BCUT2D eigenvalue weighted by Gasteiger charge is 2.28. The molecule has 0 aliphatic carbocycles. The molecular formula is C17H25NO2. The molecule has 20 heavy (non-hydrogen) atoms. The van der Waals surface area contributed by atoms with E-state index in [9.17, 15) is 0 Å². The summed E-state index contributed by atoms with van der Waals surface area (Å²) in [7, 11) is 0. The second kappa shape index (κ2) is 6.31. The van der Waals surface area contributed by atoms with E-state index in [-0.39, 0.29) is 11.7 Å². The Morgan fingerprint density at radius 1 is 1.30 bits per heavy atom. The number of hydrogen-bond acceptors (Lipinski definition) is 3. The minimum Gasteiger partial charge on any atom is -0.475 e. The molecule has 0 spiro atoms. The van der Waals surface area contributed by atoms with Crippen molar-refractivity contribution in [1.29, 1.82) is 0 Å². The van der Waals surface area contributed by atoms with Crippen LogP contribution < -0.4 is 0 Å². The minimum absolute atomic E-state index is 0.0904. The Bertz CT molecular complexity index is 436. The summed E-state index contributed by atoms with van der Waals surface area (Å²) in [6, 6.07) is 10.2. The Kier molecular flexibility index (Phi) is 4.71. The lowest BCUT2D eigenvalue weighted by molar-refractivity contribution is -0.0548. The third kappa shape index (κ3) is 4.57. The van der Waals surface area contributed by atoms with Crippen LogP contribution in [0.15, 0.2) is 42.8 Å². The van der Waals surface area contributed by atoms with Gasteiger partial charge in [0.15, 0.2) is 5.88 Å².